The largest absolute Gasteiger partial charge is 0.394 e. The number of allylic oxidation sites excluding steroid dienone is 1. The SMILES string of the molecule is C/C=C/c1ccc([C@@H]2[C@H](CO)N(C(=O)C3CC3)C23CN(S(=O)(=O)CC)C3)cc1. The minimum Gasteiger partial charge on any atom is -0.394 e. The molecule has 2 saturated heterocycles. The normalized spacial score (nSPS) is 27.0. The molecule has 2 aliphatic heterocycles. The number of nitrogens with zero attached hydrogens (tertiary/aromatic N) is 2. The molecule has 2 heterocycles. The van der Waals surface area contributed by atoms with E-state index in [4.69, 9.17) is 0 Å². The van der Waals surface area contributed by atoms with E-state index < -0.39 is 15.6 Å². The fourth-order valence-corrected chi connectivity index (χ4v) is 6.04. The molecule has 1 spiro atoms. The highest BCUT2D eigenvalue weighted by molar-refractivity contribution is 7.89. The number of likely N-dealkylation sites (tertiary alicyclic amines) is 1. The number of carbonyl (C=O) groups excluding carboxylic acids is 1. The van der Waals surface area contributed by atoms with Crippen molar-refractivity contribution in [2.45, 2.75) is 44.2 Å². The molecule has 1 N–H and O–H groups in total. The Kier molecular flexibility index (Phi) is 4.88. The first-order valence-electron chi connectivity index (χ1n) is 10.0. The summed E-state index contributed by atoms with van der Waals surface area (Å²) < 4.78 is 26.1. The lowest BCUT2D eigenvalue weighted by atomic mass is 9.61. The van der Waals surface area contributed by atoms with E-state index >= 15 is 0 Å². The van der Waals surface area contributed by atoms with Gasteiger partial charge in [-0.2, -0.15) is 4.31 Å². The van der Waals surface area contributed by atoms with E-state index in [2.05, 4.69) is 0 Å². The van der Waals surface area contributed by atoms with Crippen molar-refractivity contribution >= 4 is 22.0 Å². The van der Waals surface area contributed by atoms with Gasteiger partial charge in [-0.15, -0.1) is 0 Å². The summed E-state index contributed by atoms with van der Waals surface area (Å²) in [5, 5.41) is 10.1. The number of aliphatic hydroxyl groups excluding tert-OH is 1. The van der Waals surface area contributed by atoms with Crippen molar-refractivity contribution in [3.05, 3.63) is 41.5 Å². The topological polar surface area (TPSA) is 77.9 Å². The van der Waals surface area contributed by atoms with Crippen LogP contribution in [-0.2, 0) is 14.8 Å². The Hall–Kier alpha value is -1.70. The number of sulfonamides is 1. The molecule has 0 unspecified atom stereocenters. The van der Waals surface area contributed by atoms with Gasteiger partial charge in [0.2, 0.25) is 15.9 Å². The van der Waals surface area contributed by atoms with E-state index in [1.54, 1.807) is 6.92 Å². The van der Waals surface area contributed by atoms with Gasteiger partial charge in [-0.3, -0.25) is 4.79 Å². The minimum atomic E-state index is -3.28. The van der Waals surface area contributed by atoms with Gasteiger partial charge in [-0.25, -0.2) is 8.42 Å². The molecule has 1 aromatic carbocycles. The van der Waals surface area contributed by atoms with E-state index in [1.165, 1.54) is 4.31 Å². The van der Waals surface area contributed by atoms with Gasteiger partial charge in [-0.1, -0.05) is 36.4 Å². The van der Waals surface area contributed by atoms with Gasteiger partial charge in [0.15, 0.2) is 0 Å². The molecular formula is C21H28N2O4S. The highest BCUT2D eigenvalue weighted by Gasteiger charge is 2.69. The molecule has 0 radical (unpaired) electrons. The number of carbonyl (C=O) groups is 1. The summed E-state index contributed by atoms with van der Waals surface area (Å²) in [6.45, 7) is 4.14. The quantitative estimate of drug-likeness (QED) is 0.785. The molecule has 1 amide bonds. The molecule has 3 fully saturated rings. The fraction of sp³-hybridized carbons (Fsp3) is 0.571. The first-order chi connectivity index (χ1) is 13.4. The molecule has 1 aromatic rings. The van der Waals surface area contributed by atoms with E-state index in [0.717, 1.165) is 24.0 Å². The Balaban J connectivity index is 1.66. The monoisotopic (exact) mass is 404 g/mol. The van der Waals surface area contributed by atoms with E-state index in [0.29, 0.717) is 13.1 Å². The molecule has 1 aliphatic carbocycles. The highest BCUT2D eigenvalue weighted by Crippen LogP contribution is 2.56. The molecular weight excluding hydrogens is 376 g/mol. The van der Waals surface area contributed by atoms with Crippen LogP contribution in [0, 0.1) is 5.92 Å². The van der Waals surface area contributed by atoms with Crippen LogP contribution in [0.3, 0.4) is 0 Å². The maximum absolute atomic E-state index is 12.9. The van der Waals surface area contributed by atoms with Crippen LogP contribution in [0.15, 0.2) is 30.3 Å². The van der Waals surface area contributed by atoms with Gasteiger partial charge in [0.1, 0.15) is 0 Å². The average molecular weight is 405 g/mol. The molecule has 28 heavy (non-hydrogen) atoms. The van der Waals surface area contributed by atoms with Crippen LogP contribution in [-0.4, -0.2) is 65.7 Å². The zero-order valence-electron chi connectivity index (χ0n) is 16.4. The Morgan fingerprint density at radius 2 is 1.89 bits per heavy atom. The van der Waals surface area contributed by atoms with Crippen molar-refractivity contribution in [3.8, 4) is 0 Å². The molecule has 0 bridgehead atoms. The van der Waals surface area contributed by atoms with Gasteiger partial charge in [0, 0.05) is 24.9 Å². The van der Waals surface area contributed by atoms with Crippen molar-refractivity contribution in [2.24, 2.45) is 5.92 Å². The Morgan fingerprint density at radius 1 is 1.25 bits per heavy atom. The predicted molar refractivity (Wildman–Crippen MR) is 108 cm³/mol. The molecule has 0 aromatic heterocycles. The van der Waals surface area contributed by atoms with E-state index in [9.17, 15) is 18.3 Å². The zero-order chi connectivity index (χ0) is 20.1. The van der Waals surface area contributed by atoms with Gasteiger partial charge in [0.25, 0.3) is 0 Å². The maximum atomic E-state index is 12.9. The molecule has 152 valence electrons. The first kappa shape index (κ1) is 19.6. The number of rotatable bonds is 6. The summed E-state index contributed by atoms with van der Waals surface area (Å²) >= 11 is 0. The second kappa shape index (κ2) is 6.97. The number of hydrogen-bond donors (Lipinski definition) is 1. The van der Waals surface area contributed by atoms with Crippen molar-refractivity contribution < 1.29 is 18.3 Å². The number of aliphatic hydroxyl groups is 1. The van der Waals surface area contributed by atoms with E-state index in [-0.39, 0.29) is 36.1 Å². The minimum absolute atomic E-state index is 0.0424. The lowest BCUT2D eigenvalue weighted by Gasteiger charge is -2.70. The van der Waals surface area contributed by atoms with Crippen LogP contribution in [0.25, 0.3) is 6.08 Å². The zero-order valence-corrected chi connectivity index (χ0v) is 17.2. The van der Waals surface area contributed by atoms with Crippen molar-refractivity contribution in [1.29, 1.82) is 0 Å². The third-order valence-corrected chi connectivity index (χ3v) is 8.21. The van der Waals surface area contributed by atoms with Gasteiger partial charge in [0.05, 0.1) is 23.9 Å². The highest BCUT2D eigenvalue weighted by atomic mass is 32.2. The number of hydrogen-bond acceptors (Lipinski definition) is 4. The maximum Gasteiger partial charge on any atom is 0.226 e. The third kappa shape index (κ3) is 2.91. The standard InChI is InChI=1S/C21H28N2O4S/c1-3-5-15-6-8-16(9-7-15)19-18(12-24)23(20(25)17-10-11-17)21(19)13-22(14-21)28(26,27)4-2/h3,5-9,17-19,24H,4,10-14H2,1-2H3/b5-3+/t18-,19+/m0/s1. The van der Waals surface area contributed by atoms with Crippen LogP contribution < -0.4 is 0 Å². The lowest BCUT2D eigenvalue weighted by molar-refractivity contribution is -0.190. The van der Waals surface area contributed by atoms with Gasteiger partial charge >= 0.3 is 0 Å². The summed E-state index contributed by atoms with van der Waals surface area (Å²) in [6, 6.07) is 7.86. The summed E-state index contributed by atoms with van der Waals surface area (Å²) in [5.74, 6) is 0.129. The number of amides is 1. The molecule has 4 rings (SSSR count). The van der Waals surface area contributed by atoms with Crippen LogP contribution in [0.2, 0.25) is 0 Å². The molecule has 2 atom stereocenters. The third-order valence-electron chi connectivity index (χ3n) is 6.44. The van der Waals surface area contributed by atoms with Crippen molar-refractivity contribution in [2.75, 3.05) is 25.4 Å². The Morgan fingerprint density at radius 3 is 2.39 bits per heavy atom. The lowest BCUT2D eigenvalue weighted by Crippen LogP contribution is -2.86. The summed E-state index contributed by atoms with van der Waals surface area (Å²) in [6.07, 6.45) is 5.78. The first-order valence-corrected chi connectivity index (χ1v) is 11.6. The summed E-state index contributed by atoms with van der Waals surface area (Å²) in [4.78, 5) is 14.8. The summed E-state index contributed by atoms with van der Waals surface area (Å²) in [5.41, 5.74) is 1.62. The van der Waals surface area contributed by atoms with E-state index in [1.807, 2.05) is 48.2 Å². The van der Waals surface area contributed by atoms with Crippen LogP contribution in [0.4, 0.5) is 0 Å². The predicted octanol–water partition coefficient (Wildman–Crippen LogP) is 1.82. The molecule has 7 heteroatoms. The Labute approximate surface area is 166 Å². The van der Waals surface area contributed by atoms with Gasteiger partial charge < -0.3 is 10.0 Å². The van der Waals surface area contributed by atoms with Crippen LogP contribution >= 0.6 is 0 Å². The fourth-order valence-electron chi connectivity index (χ4n) is 4.83. The molecule has 6 nitrogen and oxygen atoms in total. The van der Waals surface area contributed by atoms with Crippen LogP contribution in [0.1, 0.15) is 43.7 Å². The molecule has 1 saturated carbocycles. The second-order valence-corrected chi connectivity index (χ2v) is 10.4. The smallest absolute Gasteiger partial charge is 0.226 e. The molecule has 3 aliphatic rings. The average Bonchev–Trinajstić information content (AvgIpc) is 3.46. The number of benzene rings is 1. The van der Waals surface area contributed by atoms with Crippen molar-refractivity contribution in [3.63, 3.8) is 0 Å². The van der Waals surface area contributed by atoms with Crippen molar-refractivity contribution in [1.82, 2.24) is 9.21 Å². The Bertz CT molecular complexity index is 883. The summed E-state index contributed by atoms with van der Waals surface area (Å²) in [7, 11) is -3.28. The van der Waals surface area contributed by atoms with Crippen LogP contribution in [0.5, 0.6) is 0 Å². The second-order valence-electron chi connectivity index (χ2n) is 8.15. The van der Waals surface area contributed by atoms with Gasteiger partial charge in [-0.05, 0) is 37.8 Å².